The second-order valence-electron chi connectivity index (χ2n) is 6.99. The summed E-state index contributed by atoms with van der Waals surface area (Å²) in [5.41, 5.74) is 4.60. The molecule has 0 saturated carbocycles. The Morgan fingerprint density at radius 3 is 2.37 bits per heavy atom. The third kappa shape index (κ3) is 4.12. The SMILES string of the molecule is Cc1cc(C)c(NC(=O)c2ccc(Cl)c(N3CCCCS3(=O)=O)c2)c(C)c1. The summed E-state index contributed by atoms with van der Waals surface area (Å²) >= 11 is 6.25. The van der Waals surface area contributed by atoms with Gasteiger partial charge < -0.3 is 5.32 Å². The van der Waals surface area contributed by atoms with Crippen LogP contribution in [0.2, 0.25) is 5.02 Å². The van der Waals surface area contributed by atoms with Crippen molar-refractivity contribution < 1.29 is 13.2 Å². The van der Waals surface area contributed by atoms with Crippen molar-refractivity contribution in [1.82, 2.24) is 0 Å². The van der Waals surface area contributed by atoms with Crippen LogP contribution in [0.15, 0.2) is 30.3 Å². The molecule has 1 aliphatic heterocycles. The molecule has 5 nitrogen and oxygen atoms in total. The van der Waals surface area contributed by atoms with Gasteiger partial charge in [-0.3, -0.25) is 9.10 Å². The van der Waals surface area contributed by atoms with E-state index in [2.05, 4.69) is 5.32 Å². The van der Waals surface area contributed by atoms with Gasteiger partial charge in [0.05, 0.1) is 16.5 Å². The van der Waals surface area contributed by atoms with Crippen molar-refractivity contribution in [3.8, 4) is 0 Å². The molecule has 0 spiro atoms. The van der Waals surface area contributed by atoms with Gasteiger partial charge in [-0.25, -0.2) is 8.42 Å². The monoisotopic (exact) mass is 406 g/mol. The molecule has 144 valence electrons. The predicted octanol–water partition coefficient (Wildman–Crippen LogP) is 4.45. The Labute approximate surface area is 165 Å². The summed E-state index contributed by atoms with van der Waals surface area (Å²) in [6.45, 7) is 6.28. The van der Waals surface area contributed by atoms with Crippen molar-refractivity contribution in [1.29, 1.82) is 0 Å². The average Bonchev–Trinajstić information content (AvgIpc) is 2.58. The van der Waals surface area contributed by atoms with Gasteiger partial charge in [-0.15, -0.1) is 0 Å². The number of nitrogens with zero attached hydrogens (tertiary/aromatic N) is 1. The lowest BCUT2D eigenvalue weighted by atomic mass is 10.0. The van der Waals surface area contributed by atoms with Gasteiger partial charge >= 0.3 is 0 Å². The number of anilines is 2. The number of sulfonamides is 1. The average molecular weight is 407 g/mol. The highest BCUT2D eigenvalue weighted by atomic mass is 35.5. The predicted molar refractivity (Wildman–Crippen MR) is 110 cm³/mol. The molecule has 3 rings (SSSR count). The topological polar surface area (TPSA) is 66.5 Å². The standard InChI is InChI=1S/C20H23ClN2O3S/c1-13-10-14(2)19(15(3)11-13)22-20(24)16-6-7-17(21)18(12-16)23-8-4-5-9-27(23,25)26/h6-7,10-12H,4-5,8-9H2,1-3H3,(H,22,24). The number of carbonyl (C=O) groups is 1. The molecule has 0 aliphatic carbocycles. The van der Waals surface area contributed by atoms with Crippen LogP contribution in [0.4, 0.5) is 11.4 Å². The molecule has 0 radical (unpaired) electrons. The molecule has 7 heteroatoms. The summed E-state index contributed by atoms with van der Waals surface area (Å²) in [4.78, 5) is 12.8. The van der Waals surface area contributed by atoms with Crippen LogP contribution in [0, 0.1) is 20.8 Å². The van der Waals surface area contributed by atoms with Gasteiger partial charge in [0.2, 0.25) is 10.0 Å². The lowest BCUT2D eigenvalue weighted by Crippen LogP contribution is -2.38. The summed E-state index contributed by atoms with van der Waals surface area (Å²) in [7, 11) is -3.40. The molecule has 1 saturated heterocycles. The number of halogens is 1. The quantitative estimate of drug-likeness (QED) is 0.818. The summed E-state index contributed by atoms with van der Waals surface area (Å²) in [5.74, 6) is -0.195. The first kappa shape index (κ1) is 19.7. The molecule has 0 atom stereocenters. The molecular formula is C20H23ClN2O3S. The summed E-state index contributed by atoms with van der Waals surface area (Å²) in [5, 5.41) is 3.26. The fourth-order valence-electron chi connectivity index (χ4n) is 3.47. The number of hydrogen-bond acceptors (Lipinski definition) is 3. The van der Waals surface area contributed by atoms with E-state index in [1.807, 2.05) is 32.9 Å². The number of carbonyl (C=O) groups excluding carboxylic acids is 1. The Balaban J connectivity index is 1.93. The first-order valence-corrected chi connectivity index (χ1v) is 10.9. The molecule has 0 bridgehead atoms. The van der Waals surface area contributed by atoms with E-state index in [1.165, 1.54) is 4.31 Å². The van der Waals surface area contributed by atoms with Crippen LogP contribution in [0.5, 0.6) is 0 Å². The highest BCUT2D eigenvalue weighted by Crippen LogP contribution is 2.32. The summed E-state index contributed by atoms with van der Waals surface area (Å²) in [6.07, 6.45) is 1.41. The highest BCUT2D eigenvalue weighted by molar-refractivity contribution is 7.92. The van der Waals surface area contributed by atoms with Crippen LogP contribution in [-0.2, 0) is 10.0 Å². The van der Waals surface area contributed by atoms with E-state index in [0.717, 1.165) is 28.8 Å². The van der Waals surface area contributed by atoms with E-state index < -0.39 is 10.0 Å². The van der Waals surface area contributed by atoms with Gasteiger partial charge in [0.15, 0.2) is 0 Å². The third-order valence-electron chi connectivity index (χ3n) is 4.74. The highest BCUT2D eigenvalue weighted by Gasteiger charge is 2.28. The first-order chi connectivity index (χ1) is 12.7. The van der Waals surface area contributed by atoms with Crippen LogP contribution in [0.1, 0.15) is 39.9 Å². The largest absolute Gasteiger partial charge is 0.322 e. The number of aryl methyl sites for hydroxylation is 3. The minimum absolute atomic E-state index is 0.0987. The molecule has 2 aromatic rings. The third-order valence-corrected chi connectivity index (χ3v) is 6.92. The molecule has 2 aromatic carbocycles. The molecule has 1 N–H and O–H groups in total. The number of amides is 1. The lowest BCUT2D eigenvalue weighted by Gasteiger charge is -2.29. The van der Waals surface area contributed by atoms with Crippen LogP contribution in [-0.4, -0.2) is 26.6 Å². The van der Waals surface area contributed by atoms with E-state index in [9.17, 15) is 13.2 Å². The Morgan fingerprint density at radius 2 is 1.74 bits per heavy atom. The summed E-state index contributed by atoms with van der Waals surface area (Å²) in [6, 6.07) is 8.76. The molecule has 1 fully saturated rings. The van der Waals surface area contributed by atoms with Crippen molar-refractivity contribution in [3.63, 3.8) is 0 Å². The van der Waals surface area contributed by atoms with Crippen molar-refractivity contribution >= 4 is 38.9 Å². The normalized spacial score (nSPS) is 16.2. The molecule has 0 aromatic heterocycles. The number of hydrogen-bond donors (Lipinski definition) is 1. The Bertz CT molecular complexity index is 979. The molecule has 1 heterocycles. The zero-order chi connectivity index (χ0) is 19.8. The van der Waals surface area contributed by atoms with Crippen molar-refractivity contribution in [2.45, 2.75) is 33.6 Å². The fourth-order valence-corrected chi connectivity index (χ4v) is 5.38. The first-order valence-electron chi connectivity index (χ1n) is 8.88. The lowest BCUT2D eigenvalue weighted by molar-refractivity contribution is 0.102. The van der Waals surface area contributed by atoms with Crippen molar-refractivity contribution in [3.05, 3.63) is 57.6 Å². The molecule has 1 aliphatic rings. The van der Waals surface area contributed by atoms with Crippen LogP contribution < -0.4 is 9.62 Å². The smallest absolute Gasteiger partial charge is 0.255 e. The maximum absolute atomic E-state index is 12.8. The van der Waals surface area contributed by atoms with E-state index >= 15 is 0 Å². The zero-order valence-electron chi connectivity index (χ0n) is 15.7. The van der Waals surface area contributed by atoms with Gasteiger partial charge in [-0.05, 0) is 62.9 Å². The van der Waals surface area contributed by atoms with Crippen LogP contribution >= 0.6 is 11.6 Å². The van der Waals surface area contributed by atoms with Gasteiger partial charge in [0, 0.05) is 17.8 Å². The van der Waals surface area contributed by atoms with Crippen LogP contribution in [0.25, 0.3) is 0 Å². The van der Waals surface area contributed by atoms with E-state index in [-0.39, 0.29) is 11.7 Å². The summed E-state index contributed by atoms with van der Waals surface area (Å²) < 4.78 is 26.1. The van der Waals surface area contributed by atoms with Crippen molar-refractivity contribution in [2.24, 2.45) is 0 Å². The Hall–Kier alpha value is -2.05. The van der Waals surface area contributed by atoms with E-state index in [0.29, 0.717) is 29.2 Å². The Morgan fingerprint density at radius 1 is 1.07 bits per heavy atom. The molecule has 1 amide bonds. The maximum atomic E-state index is 12.8. The van der Waals surface area contributed by atoms with Crippen LogP contribution in [0.3, 0.4) is 0 Å². The number of rotatable bonds is 3. The molecule has 27 heavy (non-hydrogen) atoms. The second-order valence-corrected chi connectivity index (χ2v) is 9.41. The fraction of sp³-hybridized carbons (Fsp3) is 0.350. The molecule has 0 unspecified atom stereocenters. The van der Waals surface area contributed by atoms with Gasteiger partial charge in [0.1, 0.15) is 0 Å². The molecular weight excluding hydrogens is 384 g/mol. The number of nitrogens with one attached hydrogen (secondary N) is 1. The maximum Gasteiger partial charge on any atom is 0.255 e. The van der Waals surface area contributed by atoms with Gasteiger partial charge in [-0.1, -0.05) is 29.3 Å². The zero-order valence-corrected chi connectivity index (χ0v) is 17.2. The van der Waals surface area contributed by atoms with Gasteiger partial charge in [0.25, 0.3) is 5.91 Å². The van der Waals surface area contributed by atoms with Crippen molar-refractivity contribution in [2.75, 3.05) is 21.9 Å². The minimum atomic E-state index is -3.40. The Kier molecular flexibility index (Phi) is 5.49. The minimum Gasteiger partial charge on any atom is -0.322 e. The van der Waals surface area contributed by atoms with E-state index in [1.54, 1.807) is 18.2 Å². The second kappa shape index (κ2) is 7.52. The van der Waals surface area contributed by atoms with E-state index in [4.69, 9.17) is 11.6 Å². The van der Waals surface area contributed by atoms with Gasteiger partial charge in [-0.2, -0.15) is 0 Å². The number of benzene rings is 2.